The molecule has 0 heterocycles. The first-order valence-electron chi connectivity index (χ1n) is 6.29. The monoisotopic (exact) mass is 391 g/mol. The third-order valence-electron chi connectivity index (χ3n) is 2.25. The molecule has 0 saturated carbocycles. The van der Waals surface area contributed by atoms with E-state index in [1.165, 1.54) is 0 Å². The van der Waals surface area contributed by atoms with Gasteiger partial charge < -0.3 is 41.6 Å². The molecule has 7 N–H and O–H groups in total. The number of carbonyl (C=O) groups excluding carboxylic acids is 2. The molecular weight excluding hydrogens is 373 g/mol. The smallest absolute Gasteiger partial charge is 0.565 e. The van der Waals surface area contributed by atoms with Crippen molar-refractivity contribution in [2.45, 2.75) is 24.9 Å². The van der Waals surface area contributed by atoms with Crippen molar-refractivity contribution in [1.29, 1.82) is 0 Å². The summed E-state index contributed by atoms with van der Waals surface area (Å²) in [5.74, 6) is -3.70. The van der Waals surface area contributed by atoms with E-state index in [0.29, 0.717) is 0 Å². The molecule has 0 saturated heterocycles. The summed E-state index contributed by atoms with van der Waals surface area (Å²) in [6.45, 7) is -0.567. The molecule has 0 aromatic carbocycles. The number of thiol groups is 1. The number of aliphatic carboxylic acids is 2. The van der Waals surface area contributed by atoms with E-state index in [-0.39, 0.29) is 48.2 Å². The molecule has 0 fully saturated rings. The van der Waals surface area contributed by atoms with Crippen LogP contribution in [0.15, 0.2) is 0 Å². The Balaban J connectivity index is -0.000000867. The van der Waals surface area contributed by atoms with Crippen molar-refractivity contribution < 1.29 is 74.0 Å². The maximum Gasteiger partial charge on any atom is 1.00 e. The number of hydrogen-bond donors (Lipinski definition) is 7. The average Bonchev–Trinajstić information content (AvgIpc) is 2.46. The minimum absolute atomic E-state index is 0. The van der Waals surface area contributed by atoms with Gasteiger partial charge in [-0.25, -0.2) is 0 Å². The van der Waals surface area contributed by atoms with Crippen molar-refractivity contribution in [1.82, 2.24) is 10.6 Å². The van der Waals surface area contributed by atoms with Crippen molar-refractivity contribution in [3.63, 3.8) is 0 Å². The number of nitrogens with two attached hydrogens (primary N) is 1. The Bertz CT molecular complexity index is 474. The third-order valence-corrected chi connectivity index (χ3v) is 2.61. The fourth-order valence-electron chi connectivity index (χ4n) is 1.16. The molecule has 2 amide bonds. The molecule has 2 atom stereocenters. The Kier molecular flexibility index (Phi) is 18.0. The second-order valence-electron chi connectivity index (χ2n) is 4.16. The first-order chi connectivity index (χ1) is 11.0. The zero-order chi connectivity index (χ0) is 19.3. The van der Waals surface area contributed by atoms with Gasteiger partial charge in [0.2, 0.25) is 18.0 Å². The van der Waals surface area contributed by atoms with Crippen LogP contribution in [0, 0.1) is 0 Å². The number of hydrogen-bond acceptors (Lipinski definition) is 8. The molecular formula is C11H18N3NaO9S. The van der Waals surface area contributed by atoms with Crippen LogP contribution in [0.5, 0.6) is 0 Å². The van der Waals surface area contributed by atoms with E-state index >= 15 is 0 Å². The fraction of sp³-hybridized carbons (Fsp3) is 0.545. The largest absolute Gasteiger partial charge is 1.00 e. The number of carbonyl (C=O) groups is 5. The van der Waals surface area contributed by atoms with Crippen LogP contribution in [-0.4, -0.2) is 69.6 Å². The van der Waals surface area contributed by atoms with E-state index in [1.807, 2.05) is 0 Å². The normalized spacial score (nSPS) is 11.4. The molecule has 0 radical (unpaired) electrons. The maximum absolute atomic E-state index is 11.5. The molecule has 138 valence electrons. The van der Waals surface area contributed by atoms with Crippen LogP contribution in [0.3, 0.4) is 0 Å². The minimum atomic E-state index is -2.08. The second-order valence-corrected chi connectivity index (χ2v) is 4.53. The van der Waals surface area contributed by atoms with Crippen molar-refractivity contribution >= 4 is 42.5 Å². The molecule has 0 rings (SSSR count). The van der Waals surface area contributed by atoms with Crippen molar-refractivity contribution in [2.24, 2.45) is 5.73 Å². The molecule has 12 nitrogen and oxygen atoms in total. The Hall–Kier alpha value is -1.54. The molecule has 0 aliphatic carbocycles. The zero-order valence-corrected chi connectivity index (χ0v) is 16.2. The molecule has 25 heavy (non-hydrogen) atoms. The van der Waals surface area contributed by atoms with Crippen LogP contribution in [-0.2, 0) is 19.2 Å². The van der Waals surface area contributed by atoms with Crippen molar-refractivity contribution in [3.8, 4) is 0 Å². The number of carboxylic acid groups (broad SMARTS) is 4. The summed E-state index contributed by atoms with van der Waals surface area (Å²) in [5, 5.41) is 36.7. The van der Waals surface area contributed by atoms with Crippen LogP contribution in [0.25, 0.3) is 0 Å². The van der Waals surface area contributed by atoms with Gasteiger partial charge >= 0.3 is 41.5 Å². The van der Waals surface area contributed by atoms with E-state index in [9.17, 15) is 19.2 Å². The van der Waals surface area contributed by atoms with Gasteiger partial charge in [-0.05, 0) is 6.42 Å². The Morgan fingerprint density at radius 1 is 1.12 bits per heavy atom. The Labute approximate surface area is 169 Å². The predicted octanol–water partition coefficient (Wildman–Crippen LogP) is -6.31. The standard InChI is InChI=1S/C10H17N3O6S.CH2O3.Na/c11-5(10(18)19)1-2-7(14)13-6(4-20)9(17)12-3-8(15)16;2-1(3)4;/h5-6,20H,1-4,11H2,(H,12,17)(H,13,14)(H,15,16)(H,18,19);(H2,2,3,4);/q;;+1/p-1/t5-,6-;;/m0../s1. The van der Waals surface area contributed by atoms with Gasteiger partial charge in [0.05, 0.1) is 0 Å². The van der Waals surface area contributed by atoms with E-state index in [1.54, 1.807) is 0 Å². The summed E-state index contributed by atoms with van der Waals surface area (Å²) in [5.41, 5.74) is 5.23. The minimum Gasteiger partial charge on any atom is -0.565 e. The molecule has 0 aliphatic heterocycles. The predicted molar refractivity (Wildman–Crippen MR) is 79.3 cm³/mol. The zero-order valence-electron chi connectivity index (χ0n) is 13.3. The Morgan fingerprint density at radius 2 is 1.60 bits per heavy atom. The summed E-state index contributed by atoms with van der Waals surface area (Å²) in [6.07, 6.45) is -2.32. The summed E-state index contributed by atoms with van der Waals surface area (Å²) < 4.78 is 0. The van der Waals surface area contributed by atoms with Gasteiger partial charge in [0.1, 0.15) is 18.6 Å². The molecule has 0 spiro atoms. The second kappa shape index (κ2) is 16.0. The fourth-order valence-corrected chi connectivity index (χ4v) is 1.41. The van der Waals surface area contributed by atoms with Crippen LogP contribution in [0.2, 0.25) is 0 Å². The van der Waals surface area contributed by atoms with Gasteiger partial charge in [-0.1, -0.05) is 0 Å². The quantitative estimate of drug-likeness (QED) is 0.145. The van der Waals surface area contributed by atoms with Crippen molar-refractivity contribution in [2.75, 3.05) is 12.3 Å². The van der Waals surface area contributed by atoms with Crippen LogP contribution >= 0.6 is 12.6 Å². The van der Waals surface area contributed by atoms with Gasteiger partial charge in [0, 0.05) is 12.2 Å². The van der Waals surface area contributed by atoms with Crippen molar-refractivity contribution in [3.05, 3.63) is 0 Å². The molecule has 0 aliphatic rings. The van der Waals surface area contributed by atoms with E-state index in [4.69, 9.17) is 31.0 Å². The maximum atomic E-state index is 11.5. The van der Waals surface area contributed by atoms with Gasteiger partial charge in [-0.2, -0.15) is 12.6 Å². The van der Waals surface area contributed by atoms with Gasteiger partial charge in [-0.3, -0.25) is 19.2 Å². The molecule has 0 bridgehead atoms. The van der Waals surface area contributed by atoms with Crippen LogP contribution in [0.1, 0.15) is 12.8 Å². The first kappa shape index (κ1) is 28.3. The number of carboxylic acids is 2. The van der Waals surface area contributed by atoms with Gasteiger partial charge in [-0.15, -0.1) is 0 Å². The number of amides is 2. The summed E-state index contributed by atoms with van der Waals surface area (Å²) in [7, 11) is 0. The van der Waals surface area contributed by atoms with E-state index in [2.05, 4.69) is 23.3 Å². The van der Waals surface area contributed by atoms with Gasteiger partial charge in [0.15, 0.2) is 0 Å². The topological polar surface area (TPSA) is 219 Å². The van der Waals surface area contributed by atoms with E-state index < -0.39 is 48.5 Å². The third kappa shape index (κ3) is 18.6. The Morgan fingerprint density at radius 3 is 1.96 bits per heavy atom. The van der Waals surface area contributed by atoms with E-state index in [0.717, 1.165) is 0 Å². The number of nitrogens with one attached hydrogen (secondary N) is 2. The average molecular weight is 391 g/mol. The molecule has 0 aromatic heterocycles. The summed E-state index contributed by atoms with van der Waals surface area (Å²) in [4.78, 5) is 52.2. The molecule has 0 unspecified atom stereocenters. The molecule has 14 heteroatoms. The SMILES string of the molecule is N[C@@H](CCC(=O)N[C@@H](CS)C(=O)NCC(=O)O)C(=O)O.O=C([O-])O.[Na+]. The van der Waals surface area contributed by atoms with Gasteiger partial charge in [0.25, 0.3) is 0 Å². The van der Waals surface area contributed by atoms with Crippen LogP contribution in [0.4, 0.5) is 4.79 Å². The summed E-state index contributed by atoms with van der Waals surface area (Å²) in [6, 6.07) is -2.15. The first-order valence-corrected chi connectivity index (χ1v) is 6.92. The van der Waals surface area contributed by atoms with Crippen LogP contribution < -0.4 is 51.0 Å². The summed E-state index contributed by atoms with van der Waals surface area (Å²) >= 11 is 3.87. The molecule has 0 aromatic rings. The number of rotatable bonds is 9.